The third-order valence-corrected chi connectivity index (χ3v) is 9.53. The van der Waals surface area contributed by atoms with Crippen LogP contribution in [0.3, 0.4) is 0 Å². The lowest BCUT2D eigenvalue weighted by Gasteiger charge is -2.41. The summed E-state index contributed by atoms with van der Waals surface area (Å²) in [5.74, 6) is 1.25. The lowest BCUT2D eigenvalue weighted by atomic mass is 9.94. The Kier molecular flexibility index (Phi) is 8.02. The minimum atomic E-state index is -0.284. The lowest BCUT2D eigenvalue weighted by Crippen LogP contribution is -2.51. The monoisotopic (exact) mass is 564 g/mol. The molecule has 192 valence electrons. The number of piperazine rings is 1. The van der Waals surface area contributed by atoms with Crippen molar-refractivity contribution < 1.29 is 4.79 Å². The first-order chi connectivity index (χ1) is 17.4. The Bertz CT molecular complexity index is 1220. The summed E-state index contributed by atoms with van der Waals surface area (Å²) in [6.07, 6.45) is 8.25. The van der Waals surface area contributed by atoms with E-state index in [0.29, 0.717) is 26.6 Å². The molecule has 1 amide bonds. The minimum Gasteiger partial charge on any atom is -0.362 e. The van der Waals surface area contributed by atoms with Gasteiger partial charge >= 0.3 is 0 Å². The number of hydrogen-bond acceptors (Lipinski definition) is 8. The standard InChI is InChI=1S/C25H30Cl2N6OS2/c1-31(2)22-19(27)12-16(14-28-22)24(34)30-25-29-23(21(36-25)20-13-17(26)15-35-20)33-10-8-32(9-11-33)18-6-4-3-5-7-18/h12-15,18H,3-11H2,1-2H3,(H,29,30,34). The fourth-order valence-electron chi connectivity index (χ4n) is 4.97. The largest absolute Gasteiger partial charge is 0.362 e. The van der Waals surface area contributed by atoms with E-state index >= 15 is 0 Å². The highest BCUT2D eigenvalue weighted by atomic mass is 35.5. The summed E-state index contributed by atoms with van der Waals surface area (Å²) in [4.78, 5) is 31.1. The number of nitrogens with zero attached hydrogens (tertiary/aromatic N) is 5. The Morgan fingerprint density at radius 1 is 1.11 bits per heavy atom. The summed E-state index contributed by atoms with van der Waals surface area (Å²) < 4.78 is 0. The highest BCUT2D eigenvalue weighted by Gasteiger charge is 2.28. The molecular formula is C25H30Cl2N6OS2. The van der Waals surface area contributed by atoms with Gasteiger partial charge in [0.05, 0.1) is 20.5 Å². The van der Waals surface area contributed by atoms with Crippen molar-refractivity contribution in [3.8, 4) is 9.75 Å². The van der Waals surface area contributed by atoms with Crippen molar-refractivity contribution in [2.24, 2.45) is 0 Å². The molecule has 1 aliphatic carbocycles. The first-order valence-electron chi connectivity index (χ1n) is 12.3. The second-order valence-electron chi connectivity index (χ2n) is 9.49. The van der Waals surface area contributed by atoms with E-state index in [9.17, 15) is 4.79 Å². The van der Waals surface area contributed by atoms with E-state index in [1.165, 1.54) is 49.6 Å². The van der Waals surface area contributed by atoms with E-state index in [2.05, 4.69) is 20.1 Å². The summed E-state index contributed by atoms with van der Waals surface area (Å²) in [6, 6.07) is 4.33. The Hall–Kier alpha value is -1.91. The van der Waals surface area contributed by atoms with Crippen LogP contribution in [0, 0.1) is 0 Å². The van der Waals surface area contributed by atoms with E-state index in [-0.39, 0.29) is 5.91 Å². The molecule has 36 heavy (non-hydrogen) atoms. The van der Waals surface area contributed by atoms with Crippen LogP contribution in [0.15, 0.2) is 23.7 Å². The van der Waals surface area contributed by atoms with Crippen LogP contribution in [0.2, 0.25) is 10.0 Å². The number of halogens is 2. The fraction of sp³-hybridized carbons (Fsp3) is 0.480. The number of carbonyl (C=O) groups excluding carboxylic acids is 1. The number of anilines is 3. The predicted octanol–water partition coefficient (Wildman–Crippen LogP) is 6.35. The maximum atomic E-state index is 13.0. The molecule has 0 atom stereocenters. The topological polar surface area (TPSA) is 64.6 Å². The molecule has 1 saturated carbocycles. The summed E-state index contributed by atoms with van der Waals surface area (Å²) >= 11 is 15.7. The van der Waals surface area contributed by atoms with Crippen molar-refractivity contribution in [3.05, 3.63) is 39.3 Å². The predicted molar refractivity (Wildman–Crippen MR) is 153 cm³/mol. The van der Waals surface area contributed by atoms with Crippen molar-refractivity contribution in [3.63, 3.8) is 0 Å². The summed E-state index contributed by atoms with van der Waals surface area (Å²) in [5, 5.41) is 6.58. The van der Waals surface area contributed by atoms with Gasteiger partial charge in [-0.3, -0.25) is 15.0 Å². The normalized spacial score (nSPS) is 17.4. The van der Waals surface area contributed by atoms with Crippen LogP contribution in [-0.4, -0.2) is 67.1 Å². The van der Waals surface area contributed by atoms with Crippen LogP contribution in [0.4, 0.5) is 16.8 Å². The molecule has 0 unspecified atom stereocenters. The molecule has 3 aromatic rings. The number of carbonyl (C=O) groups is 1. The summed E-state index contributed by atoms with van der Waals surface area (Å²) in [6.45, 7) is 3.92. The van der Waals surface area contributed by atoms with Crippen LogP contribution in [0.1, 0.15) is 42.5 Å². The third-order valence-electron chi connectivity index (χ3n) is 6.83. The van der Waals surface area contributed by atoms with Crippen LogP contribution >= 0.6 is 45.9 Å². The van der Waals surface area contributed by atoms with Gasteiger partial charge in [0.25, 0.3) is 5.91 Å². The minimum absolute atomic E-state index is 0.284. The Morgan fingerprint density at radius 2 is 1.86 bits per heavy atom. The number of nitrogens with one attached hydrogen (secondary N) is 1. The highest BCUT2D eigenvalue weighted by Crippen LogP contribution is 2.43. The van der Waals surface area contributed by atoms with Crippen LogP contribution in [-0.2, 0) is 0 Å². The number of aromatic nitrogens is 2. The molecule has 1 aliphatic heterocycles. The molecular weight excluding hydrogens is 535 g/mol. The molecule has 11 heteroatoms. The number of hydrogen-bond donors (Lipinski definition) is 1. The Labute approximate surface area is 230 Å². The SMILES string of the molecule is CN(C)c1ncc(C(=O)Nc2nc(N3CCN(C4CCCCC4)CC3)c(-c3cc(Cl)cs3)s2)cc1Cl. The molecule has 0 aromatic carbocycles. The Balaban J connectivity index is 1.35. The van der Waals surface area contributed by atoms with Crippen molar-refractivity contribution in [1.82, 2.24) is 14.9 Å². The number of thiazole rings is 1. The van der Waals surface area contributed by atoms with Gasteiger partial charge in [-0.15, -0.1) is 11.3 Å². The molecule has 0 spiro atoms. The maximum Gasteiger partial charge on any atom is 0.259 e. The average Bonchev–Trinajstić information content (AvgIpc) is 3.50. The van der Waals surface area contributed by atoms with Gasteiger partial charge in [-0.05, 0) is 25.0 Å². The van der Waals surface area contributed by atoms with Gasteiger partial charge in [0, 0.05) is 62.8 Å². The Morgan fingerprint density at radius 3 is 2.50 bits per heavy atom. The molecule has 7 nitrogen and oxygen atoms in total. The summed E-state index contributed by atoms with van der Waals surface area (Å²) in [7, 11) is 3.72. The zero-order chi connectivity index (χ0) is 25.2. The van der Waals surface area contributed by atoms with Gasteiger partial charge in [0.2, 0.25) is 0 Å². The van der Waals surface area contributed by atoms with Gasteiger partial charge in [-0.25, -0.2) is 9.97 Å². The first-order valence-corrected chi connectivity index (χ1v) is 14.7. The van der Waals surface area contributed by atoms with Gasteiger partial charge in [0.1, 0.15) is 5.82 Å². The van der Waals surface area contributed by atoms with Crippen LogP contribution in [0.25, 0.3) is 9.75 Å². The zero-order valence-corrected chi connectivity index (χ0v) is 23.6. The average molecular weight is 566 g/mol. The number of rotatable bonds is 6. The summed E-state index contributed by atoms with van der Waals surface area (Å²) in [5.41, 5.74) is 0.393. The molecule has 3 aromatic heterocycles. The van der Waals surface area contributed by atoms with E-state index in [4.69, 9.17) is 28.2 Å². The molecule has 5 rings (SSSR count). The van der Waals surface area contributed by atoms with Gasteiger partial charge in [-0.1, -0.05) is 53.8 Å². The maximum absolute atomic E-state index is 13.0. The van der Waals surface area contributed by atoms with Crippen LogP contribution < -0.4 is 15.1 Å². The van der Waals surface area contributed by atoms with E-state index < -0.39 is 0 Å². The number of amides is 1. The van der Waals surface area contributed by atoms with Crippen molar-refractivity contribution in [2.75, 3.05) is 55.4 Å². The van der Waals surface area contributed by atoms with E-state index in [1.54, 1.807) is 17.4 Å². The second-order valence-corrected chi connectivity index (χ2v) is 12.2. The van der Waals surface area contributed by atoms with Crippen molar-refractivity contribution in [1.29, 1.82) is 0 Å². The number of thiophene rings is 1. The van der Waals surface area contributed by atoms with Gasteiger partial charge < -0.3 is 9.80 Å². The smallest absolute Gasteiger partial charge is 0.259 e. The molecule has 2 aliphatic rings. The van der Waals surface area contributed by atoms with Gasteiger partial charge in [-0.2, -0.15) is 0 Å². The zero-order valence-electron chi connectivity index (χ0n) is 20.5. The van der Waals surface area contributed by atoms with Crippen molar-refractivity contribution in [2.45, 2.75) is 38.1 Å². The van der Waals surface area contributed by atoms with Gasteiger partial charge in [0.15, 0.2) is 10.9 Å². The number of pyridine rings is 1. The first kappa shape index (κ1) is 25.7. The molecule has 1 saturated heterocycles. The lowest BCUT2D eigenvalue weighted by molar-refractivity contribution is 0.102. The van der Waals surface area contributed by atoms with E-state index in [1.807, 2.05) is 30.4 Å². The van der Waals surface area contributed by atoms with Crippen LogP contribution in [0.5, 0.6) is 0 Å². The molecule has 0 radical (unpaired) electrons. The van der Waals surface area contributed by atoms with E-state index in [0.717, 1.165) is 47.8 Å². The van der Waals surface area contributed by atoms with Crippen molar-refractivity contribution >= 4 is 68.5 Å². The molecule has 0 bridgehead atoms. The fourth-order valence-corrected chi connectivity index (χ4v) is 7.48. The molecule has 2 fully saturated rings. The third kappa shape index (κ3) is 5.65. The molecule has 1 N–H and O–H groups in total. The second kappa shape index (κ2) is 11.2. The molecule has 4 heterocycles. The quantitative estimate of drug-likeness (QED) is 0.376. The highest BCUT2D eigenvalue weighted by molar-refractivity contribution is 7.24.